The molecular weight excluding hydrogens is 268 g/mol. The van der Waals surface area contributed by atoms with Crippen molar-refractivity contribution in [3.8, 4) is 0 Å². The van der Waals surface area contributed by atoms with Crippen LogP contribution in [0.1, 0.15) is 50.7 Å². The summed E-state index contributed by atoms with van der Waals surface area (Å²) in [5, 5.41) is 0. The van der Waals surface area contributed by atoms with E-state index >= 15 is 0 Å². The average molecular weight is 292 g/mol. The van der Waals surface area contributed by atoms with Crippen LogP contribution >= 0.6 is 0 Å². The molecule has 1 nitrogen and oxygen atoms in total. The number of hydrogen-bond acceptors (Lipinski definition) is 1. The summed E-state index contributed by atoms with van der Waals surface area (Å²) in [6.45, 7) is 8.44. The van der Waals surface area contributed by atoms with Crippen LogP contribution in [0.5, 0.6) is 0 Å². The molecule has 2 atom stereocenters. The van der Waals surface area contributed by atoms with Crippen LogP contribution in [-0.4, -0.2) is 5.78 Å². The average Bonchev–Trinajstić information content (AvgIpc) is 2.66. The second kappa shape index (κ2) is 5.08. The summed E-state index contributed by atoms with van der Waals surface area (Å²) in [7, 11) is 0. The molecule has 0 radical (unpaired) electrons. The van der Waals surface area contributed by atoms with Crippen LogP contribution in [0.3, 0.4) is 0 Å². The first kappa shape index (κ1) is 15.0. The fraction of sp³-hybridized carbons (Fsp3) is 0.381. The Kier molecular flexibility index (Phi) is 3.47. The lowest BCUT2D eigenvalue weighted by Gasteiger charge is -2.32. The third kappa shape index (κ3) is 2.11. The van der Waals surface area contributed by atoms with Crippen LogP contribution in [0.4, 0.5) is 0 Å². The molecule has 1 aliphatic rings. The van der Waals surface area contributed by atoms with Gasteiger partial charge in [-0.05, 0) is 11.1 Å². The molecule has 2 aromatic rings. The molecule has 0 bridgehead atoms. The Labute approximate surface area is 133 Å². The standard InChI is InChI=1S/C21H24O/c1-20(2)17(15-11-7-5-8-12-15)18(21(3,4)19(20)22)16-13-9-6-10-14-16/h5-14,17-18H,1-4H3/t17-,18-/m1/s1. The van der Waals surface area contributed by atoms with Gasteiger partial charge in [-0.25, -0.2) is 0 Å². The van der Waals surface area contributed by atoms with E-state index in [4.69, 9.17) is 0 Å². The molecule has 0 saturated heterocycles. The van der Waals surface area contributed by atoms with Crippen molar-refractivity contribution in [2.24, 2.45) is 10.8 Å². The molecule has 0 heterocycles. The van der Waals surface area contributed by atoms with Crippen molar-refractivity contribution in [1.82, 2.24) is 0 Å². The zero-order valence-electron chi connectivity index (χ0n) is 13.8. The van der Waals surface area contributed by atoms with Crippen LogP contribution in [0.25, 0.3) is 0 Å². The van der Waals surface area contributed by atoms with Gasteiger partial charge in [0.2, 0.25) is 0 Å². The van der Waals surface area contributed by atoms with Gasteiger partial charge >= 0.3 is 0 Å². The van der Waals surface area contributed by atoms with Crippen molar-refractivity contribution in [1.29, 1.82) is 0 Å². The van der Waals surface area contributed by atoms with E-state index in [0.29, 0.717) is 5.78 Å². The van der Waals surface area contributed by atoms with Crippen LogP contribution in [0, 0.1) is 10.8 Å². The zero-order chi connectivity index (χ0) is 16.0. The SMILES string of the molecule is CC1(C)C(=O)C(C)(C)[C@H](c2ccccc2)[C@H]1c1ccccc1. The number of carbonyl (C=O) groups excluding carboxylic acids is 1. The minimum Gasteiger partial charge on any atom is -0.298 e. The highest BCUT2D eigenvalue weighted by molar-refractivity contribution is 5.94. The maximum atomic E-state index is 13.1. The fourth-order valence-corrected chi connectivity index (χ4v) is 4.49. The van der Waals surface area contributed by atoms with E-state index in [1.165, 1.54) is 11.1 Å². The van der Waals surface area contributed by atoms with E-state index < -0.39 is 0 Å². The van der Waals surface area contributed by atoms with Crippen LogP contribution in [-0.2, 0) is 4.79 Å². The fourth-order valence-electron chi connectivity index (χ4n) is 4.49. The maximum Gasteiger partial charge on any atom is 0.145 e. The molecule has 0 spiro atoms. The third-order valence-electron chi connectivity index (χ3n) is 5.38. The number of benzene rings is 2. The second-order valence-corrected chi connectivity index (χ2v) is 7.55. The lowest BCUT2D eigenvalue weighted by atomic mass is 9.70. The van der Waals surface area contributed by atoms with Gasteiger partial charge in [0.15, 0.2) is 0 Å². The van der Waals surface area contributed by atoms with E-state index in [9.17, 15) is 4.79 Å². The van der Waals surface area contributed by atoms with Crippen LogP contribution in [0.15, 0.2) is 60.7 Å². The Morgan fingerprint density at radius 1 is 0.636 bits per heavy atom. The highest BCUT2D eigenvalue weighted by Gasteiger charge is 2.59. The lowest BCUT2D eigenvalue weighted by Crippen LogP contribution is -2.29. The van der Waals surface area contributed by atoms with Gasteiger partial charge in [0.05, 0.1) is 0 Å². The molecule has 1 heteroatoms. The van der Waals surface area contributed by atoms with Gasteiger partial charge in [0, 0.05) is 22.7 Å². The molecule has 0 aromatic heterocycles. The van der Waals surface area contributed by atoms with Crippen molar-refractivity contribution >= 4 is 5.78 Å². The van der Waals surface area contributed by atoms with E-state index in [1.807, 2.05) is 12.1 Å². The molecule has 2 aromatic carbocycles. The summed E-state index contributed by atoms with van der Waals surface area (Å²) in [5.74, 6) is 0.778. The molecule has 22 heavy (non-hydrogen) atoms. The van der Waals surface area contributed by atoms with Gasteiger partial charge in [-0.1, -0.05) is 88.4 Å². The normalized spacial score (nSPS) is 26.1. The van der Waals surface area contributed by atoms with E-state index in [-0.39, 0.29) is 22.7 Å². The number of hydrogen-bond donors (Lipinski definition) is 0. The Balaban J connectivity index is 2.21. The topological polar surface area (TPSA) is 17.1 Å². The Morgan fingerprint density at radius 3 is 1.27 bits per heavy atom. The monoisotopic (exact) mass is 292 g/mol. The van der Waals surface area contributed by atoms with Crippen molar-refractivity contribution in [2.75, 3.05) is 0 Å². The summed E-state index contributed by atoms with van der Waals surface area (Å²) in [4.78, 5) is 13.1. The molecule has 1 fully saturated rings. The first-order valence-electron chi connectivity index (χ1n) is 8.01. The molecule has 0 amide bonds. The van der Waals surface area contributed by atoms with Gasteiger partial charge in [-0.2, -0.15) is 0 Å². The predicted octanol–water partition coefficient (Wildman–Crippen LogP) is 5.19. The highest BCUT2D eigenvalue weighted by Crippen LogP contribution is 2.62. The molecule has 3 rings (SSSR count). The third-order valence-corrected chi connectivity index (χ3v) is 5.38. The summed E-state index contributed by atoms with van der Waals surface area (Å²) in [5.41, 5.74) is 1.82. The molecule has 114 valence electrons. The smallest absolute Gasteiger partial charge is 0.145 e. The molecule has 0 aliphatic heterocycles. The lowest BCUT2D eigenvalue weighted by molar-refractivity contribution is -0.131. The number of carbonyl (C=O) groups is 1. The van der Waals surface area contributed by atoms with E-state index in [1.54, 1.807) is 0 Å². The van der Waals surface area contributed by atoms with Gasteiger partial charge in [-0.15, -0.1) is 0 Å². The number of rotatable bonds is 2. The van der Waals surface area contributed by atoms with Crippen molar-refractivity contribution in [3.05, 3.63) is 71.8 Å². The Morgan fingerprint density at radius 2 is 0.955 bits per heavy atom. The largest absolute Gasteiger partial charge is 0.298 e. The molecule has 1 saturated carbocycles. The van der Waals surface area contributed by atoms with Crippen molar-refractivity contribution in [2.45, 2.75) is 39.5 Å². The predicted molar refractivity (Wildman–Crippen MR) is 90.9 cm³/mol. The van der Waals surface area contributed by atoms with E-state index in [2.05, 4.69) is 76.2 Å². The van der Waals surface area contributed by atoms with Gasteiger partial charge < -0.3 is 0 Å². The van der Waals surface area contributed by atoms with Gasteiger partial charge in [-0.3, -0.25) is 4.79 Å². The van der Waals surface area contributed by atoms with Crippen molar-refractivity contribution < 1.29 is 4.79 Å². The Bertz CT molecular complexity index is 608. The van der Waals surface area contributed by atoms with Gasteiger partial charge in [0.1, 0.15) is 5.78 Å². The van der Waals surface area contributed by atoms with Gasteiger partial charge in [0.25, 0.3) is 0 Å². The molecule has 1 aliphatic carbocycles. The quantitative estimate of drug-likeness (QED) is 0.744. The highest BCUT2D eigenvalue weighted by atomic mass is 16.1. The maximum absolute atomic E-state index is 13.1. The summed E-state index contributed by atoms with van der Waals surface area (Å²) in [6.07, 6.45) is 0. The summed E-state index contributed by atoms with van der Waals surface area (Å²) >= 11 is 0. The molecule has 0 unspecified atom stereocenters. The number of ketones is 1. The second-order valence-electron chi connectivity index (χ2n) is 7.55. The molecular formula is C21H24O. The summed E-state index contributed by atoms with van der Waals surface area (Å²) in [6, 6.07) is 21.0. The summed E-state index contributed by atoms with van der Waals surface area (Å²) < 4.78 is 0. The minimum absolute atomic E-state index is 0.207. The first-order valence-corrected chi connectivity index (χ1v) is 8.01. The Hall–Kier alpha value is -1.89. The molecule has 0 N–H and O–H groups in total. The van der Waals surface area contributed by atoms with E-state index in [0.717, 1.165) is 0 Å². The van der Waals surface area contributed by atoms with Crippen LogP contribution < -0.4 is 0 Å². The van der Waals surface area contributed by atoms with Crippen LogP contribution in [0.2, 0.25) is 0 Å². The first-order chi connectivity index (χ1) is 10.4. The minimum atomic E-state index is -0.356. The number of Topliss-reactive ketones (excluding diaryl/α,β-unsaturated/α-hetero) is 1. The van der Waals surface area contributed by atoms with Crippen molar-refractivity contribution in [3.63, 3.8) is 0 Å². The zero-order valence-corrected chi connectivity index (χ0v) is 13.8.